The van der Waals surface area contributed by atoms with Crippen LogP contribution in [0.25, 0.3) is 17.2 Å². The first-order valence-electron chi connectivity index (χ1n) is 10.8. The number of aromatic nitrogens is 4. The Kier molecular flexibility index (Phi) is 5.53. The number of hydrogen-bond acceptors (Lipinski definition) is 8. The minimum Gasteiger partial charge on any atom is -0.497 e. The van der Waals surface area contributed by atoms with Crippen molar-refractivity contribution in [1.82, 2.24) is 19.6 Å². The Morgan fingerprint density at radius 3 is 2.21 bits per heavy atom. The van der Waals surface area contributed by atoms with Gasteiger partial charge in [-0.05, 0) is 54.3 Å². The lowest BCUT2D eigenvalue weighted by Crippen LogP contribution is -2.21. The molecular weight excluding hydrogens is 436 g/mol. The lowest BCUT2D eigenvalue weighted by Gasteiger charge is -2.24. The summed E-state index contributed by atoms with van der Waals surface area (Å²) < 4.78 is 23.2. The molecule has 2 aromatic heterocycles. The number of carbonyl (C=O) groups excluding carboxylic acids is 1. The third-order valence-electron chi connectivity index (χ3n) is 6.09. The van der Waals surface area contributed by atoms with Gasteiger partial charge in [-0.3, -0.25) is 4.79 Å². The van der Waals surface area contributed by atoms with Crippen LogP contribution in [0.5, 0.6) is 23.0 Å². The standard InChI is InChI=1S/C25H24N4O5/c1-31-17-7-5-14(6-8-17)24-27-25-26-19-9-15(10-20(30)18(19)13-29(25)28-24)16-11-21(32-2)23(34-4)22(12-16)33-3/h5-8,11-13,15H,9-10H2,1-4H3/t15-/m1/s1. The number of methoxy groups -OCH3 is 4. The van der Waals surface area contributed by atoms with Gasteiger partial charge in [0.25, 0.3) is 5.78 Å². The molecule has 1 aliphatic rings. The molecule has 0 unspecified atom stereocenters. The van der Waals surface area contributed by atoms with Crippen molar-refractivity contribution in [3.63, 3.8) is 0 Å². The van der Waals surface area contributed by atoms with E-state index in [4.69, 9.17) is 23.9 Å². The van der Waals surface area contributed by atoms with Crippen molar-refractivity contribution in [3.05, 3.63) is 59.4 Å². The molecule has 0 saturated carbocycles. The first-order valence-corrected chi connectivity index (χ1v) is 10.8. The summed E-state index contributed by atoms with van der Waals surface area (Å²) in [4.78, 5) is 22.4. The minimum atomic E-state index is -0.0763. The highest BCUT2D eigenvalue weighted by molar-refractivity contribution is 5.98. The predicted octanol–water partition coefficient (Wildman–Crippen LogP) is 3.74. The predicted molar refractivity (Wildman–Crippen MR) is 124 cm³/mol. The van der Waals surface area contributed by atoms with Crippen LogP contribution in [0.4, 0.5) is 0 Å². The molecule has 0 radical (unpaired) electrons. The molecule has 34 heavy (non-hydrogen) atoms. The van der Waals surface area contributed by atoms with E-state index in [0.717, 1.165) is 16.9 Å². The maximum atomic E-state index is 13.1. The number of hydrogen-bond donors (Lipinski definition) is 0. The Hall–Kier alpha value is -4.14. The molecular formula is C25H24N4O5. The molecule has 2 aromatic carbocycles. The lowest BCUT2D eigenvalue weighted by molar-refractivity contribution is 0.0962. The third kappa shape index (κ3) is 3.68. The number of rotatable bonds is 6. The summed E-state index contributed by atoms with van der Waals surface area (Å²) in [5.41, 5.74) is 3.04. The second-order valence-corrected chi connectivity index (χ2v) is 8.00. The van der Waals surface area contributed by atoms with Crippen LogP contribution in [0, 0.1) is 0 Å². The lowest BCUT2D eigenvalue weighted by atomic mass is 9.82. The monoisotopic (exact) mass is 460 g/mol. The van der Waals surface area contributed by atoms with Gasteiger partial charge in [0.1, 0.15) is 5.75 Å². The van der Waals surface area contributed by atoms with Crippen LogP contribution in [0.1, 0.15) is 34.0 Å². The van der Waals surface area contributed by atoms with Crippen LogP contribution in [-0.2, 0) is 6.42 Å². The normalized spacial score (nSPS) is 15.2. The van der Waals surface area contributed by atoms with E-state index in [1.165, 1.54) is 0 Å². The first-order chi connectivity index (χ1) is 16.5. The van der Waals surface area contributed by atoms with Crippen molar-refractivity contribution < 1.29 is 23.7 Å². The van der Waals surface area contributed by atoms with Crippen LogP contribution >= 0.6 is 0 Å². The van der Waals surface area contributed by atoms with E-state index >= 15 is 0 Å². The summed E-state index contributed by atoms with van der Waals surface area (Å²) in [5.74, 6) is 3.30. The van der Waals surface area contributed by atoms with Crippen LogP contribution in [-0.4, -0.2) is 53.8 Å². The number of nitrogens with zero attached hydrogens (tertiary/aromatic N) is 4. The Morgan fingerprint density at radius 1 is 0.882 bits per heavy atom. The number of carbonyl (C=O) groups is 1. The van der Waals surface area contributed by atoms with Crippen molar-refractivity contribution in [2.45, 2.75) is 18.8 Å². The van der Waals surface area contributed by atoms with E-state index in [-0.39, 0.29) is 11.7 Å². The molecule has 0 N–H and O–H groups in total. The molecule has 0 saturated heterocycles. The average Bonchev–Trinajstić information content (AvgIpc) is 3.29. The van der Waals surface area contributed by atoms with Gasteiger partial charge in [0, 0.05) is 18.2 Å². The van der Waals surface area contributed by atoms with E-state index < -0.39 is 0 Å². The summed E-state index contributed by atoms with van der Waals surface area (Å²) >= 11 is 0. The van der Waals surface area contributed by atoms with E-state index in [1.807, 2.05) is 36.4 Å². The van der Waals surface area contributed by atoms with Crippen LogP contribution < -0.4 is 18.9 Å². The number of ether oxygens (including phenoxy) is 4. The van der Waals surface area contributed by atoms with Gasteiger partial charge in [-0.2, -0.15) is 4.98 Å². The Labute approximate surface area is 196 Å². The molecule has 1 aliphatic carbocycles. The molecule has 0 aliphatic heterocycles. The topological polar surface area (TPSA) is 97.1 Å². The summed E-state index contributed by atoms with van der Waals surface area (Å²) in [6.45, 7) is 0. The zero-order valence-corrected chi connectivity index (χ0v) is 19.4. The molecule has 2 heterocycles. The molecule has 1 atom stereocenters. The molecule has 9 heteroatoms. The zero-order chi connectivity index (χ0) is 23.8. The second kappa shape index (κ2) is 8.66. The minimum absolute atomic E-state index is 0.0101. The quantitative estimate of drug-likeness (QED) is 0.429. The van der Waals surface area contributed by atoms with Gasteiger partial charge >= 0.3 is 0 Å². The third-order valence-corrected chi connectivity index (χ3v) is 6.09. The van der Waals surface area contributed by atoms with E-state index in [1.54, 1.807) is 39.2 Å². The SMILES string of the molecule is COc1ccc(-c2nc3nc4c(cn3n2)C(=O)C[C@H](c2cc(OC)c(OC)c(OC)c2)C4)cc1. The average molecular weight is 460 g/mol. The fourth-order valence-corrected chi connectivity index (χ4v) is 4.32. The second-order valence-electron chi connectivity index (χ2n) is 8.00. The number of benzene rings is 2. The molecule has 4 aromatic rings. The fraction of sp³-hybridized carbons (Fsp3) is 0.280. The molecule has 0 bridgehead atoms. The van der Waals surface area contributed by atoms with E-state index in [9.17, 15) is 4.79 Å². The van der Waals surface area contributed by atoms with E-state index in [0.29, 0.717) is 52.9 Å². The molecule has 0 amide bonds. The van der Waals surface area contributed by atoms with Crippen LogP contribution in [0.2, 0.25) is 0 Å². The van der Waals surface area contributed by atoms with Gasteiger partial charge in [0.05, 0.1) is 39.7 Å². The zero-order valence-electron chi connectivity index (χ0n) is 19.4. The highest BCUT2D eigenvalue weighted by Gasteiger charge is 2.30. The maximum absolute atomic E-state index is 13.1. The highest BCUT2D eigenvalue weighted by atomic mass is 16.5. The molecule has 0 spiro atoms. The Bertz CT molecular complexity index is 1360. The van der Waals surface area contributed by atoms with Gasteiger partial charge in [-0.25, -0.2) is 9.50 Å². The number of ketones is 1. The molecule has 0 fully saturated rings. The molecule has 9 nitrogen and oxygen atoms in total. The highest BCUT2D eigenvalue weighted by Crippen LogP contribution is 2.42. The summed E-state index contributed by atoms with van der Waals surface area (Å²) in [6, 6.07) is 11.3. The smallest absolute Gasteiger partial charge is 0.252 e. The summed E-state index contributed by atoms with van der Waals surface area (Å²) in [6.07, 6.45) is 2.66. The van der Waals surface area contributed by atoms with Gasteiger partial charge in [-0.1, -0.05) is 0 Å². The van der Waals surface area contributed by atoms with Gasteiger partial charge in [0.15, 0.2) is 23.1 Å². The first kappa shape index (κ1) is 21.7. The number of fused-ring (bicyclic) bond motifs is 2. The van der Waals surface area contributed by atoms with Gasteiger partial charge in [-0.15, -0.1) is 5.10 Å². The molecule has 174 valence electrons. The summed E-state index contributed by atoms with van der Waals surface area (Å²) in [7, 11) is 6.34. The van der Waals surface area contributed by atoms with Crippen molar-refractivity contribution >= 4 is 11.6 Å². The van der Waals surface area contributed by atoms with Crippen LogP contribution in [0.15, 0.2) is 42.6 Å². The largest absolute Gasteiger partial charge is 0.497 e. The summed E-state index contributed by atoms with van der Waals surface area (Å²) in [5, 5.41) is 4.53. The van der Waals surface area contributed by atoms with Crippen LogP contribution in [0.3, 0.4) is 0 Å². The maximum Gasteiger partial charge on any atom is 0.252 e. The van der Waals surface area contributed by atoms with E-state index in [2.05, 4.69) is 10.1 Å². The Morgan fingerprint density at radius 2 is 1.59 bits per heavy atom. The number of Topliss-reactive ketones (excluding diaryl/α,β-unsaturated/α-hetero) is 1. The van der Waals surface area contributed by atoms with Crippen molar-refractivity contribution in [2.75, 3.05) is 28.4 Å². The molecule has 5 rings (SSSR count). The van der Waals surface area contributed by atoms with Crippen molar-refractivity contribution in [3.8, 4) is 34.4 Å². The van der Waals surface area contributed by atoms with Crippen molar-refractivity contribution in [1.29, 1.82) is 0 Å². The fourth-order valence-electron chi connectivity index (χ4n) is 4.32. The van der Waals surface area contributed by atoms with Crippen molar-refractivity contribution in [2.24, 2.45) is 0 Å². The van der Waals surface area contributed by atoms with Gasteiger partial charge in [0.2, 0.25) is 5.75 Å². The van der Waals surface area contributed by atoms with Gasteiger partial charge < -0.3 is 18.9 Å². The Balaban J connectivity index is 1.51.